The van der Waals surface area contributed by atoms with Gasteiger partial charge in [0.1, 0.15) is 0 Å². The van der Waals surface area contributed by atoms with Crippen molar-refractivity contribution >= 4 is 30.3 Å². The van der Waals surface area contributed by atoms with Crippen molar-refractivity contribution in [1.29, 1.82) is 0 Å². The molecular formula is C21H23PS. The number of thioether (sulfide) groups is 1. The van der Waals surface area contributed by atoms with E-state index in [1.54, 1.807) is 5.57 Å². The number of benzene rings is 2. The molecule has 118 valence electrons. The van der Waals surface area contributed by atoms with Gasteiger partial charge in [0.2, 0.25) is 0 Å². The van der Waals surface area contributed by atoms with Crippen molar-refractivity contribution in [1.82, 2.24) is 0 Å². The van der Waals surface area contributed by atoms with Crippen LogP contribution in [0.3, 0.4) is 0 Å². The number of allylic oxidation sites excluding steroid dienone is 3. The minimum absolute atomic E-state index is 0.324. The van der Waals surface area contributed by atoms with Crippen LogP contribution in [0.4, 0.5) is 0 Å². The van der Waals surface area contributed by atoms with Crippen molar-refractivity contribution < 1.29 is 0 Å². The predicted molar refractivity (Wildman–Crippen MR) is 107 cm³/mol. The molecule has 23 heavy (non-hydrogen) atoms. The van der Waals surface area contributed by atoms with Crippen molar-refractivity contribution in [2.24, 2.45) is 0 Å². The van der Waals surface area contributed by atoms with E-state index in [1.165, 1.54) is 21.9 Å². The van der Waals surface area contributed by atoms with Crippen molar-refractivity contribution in [3.63, 3.8) is 0 Å². The van der Waals surface area contributed by atoms with Gasteiger partial charge in [-0.1, -0.05) is 85.3 Å². The molecule has 1 aliphatic rings. The topological polar surface area (TPSA) is 0 Å². The van der Waals surface area contributed by atoms with Crippen LogP contribution in [-0.2, 0) is 0 Å². The summed E-state index contributed by atoms with van der Waals surface area (Å²) in [6.45, 7) is 2.43. The van der Waals surface area contributed by atoms with E-state index in [0.29, 0.717) is 5.66 Å². The molecule has 0 aliphatic heterocycles. The van der Waals surface area contributed by atoms with Gasteiger partial charge in [0.25, 0.3) is 0 Å². The third kappa shape index (κ3) is 3.97. The van der Waals surface area contributed by atoms with Crippen LogP contribution in [0, 0.1) is 0 Å². The van der Waals surface area contributed by atoms with Crippen molar-refractivity contribution in [3.05, 3.63) is 83.3 Å². The third-order valence-corrected chi connectivity index (χ3v) is 7.89. The van der Waals surface area contributed by atoms with Crippen molar-refractivity contribution in [2.75, 3.05) is 6.26 Å². The van der Waals surface area contributed by atoms with Crippen LogP contribution in [0.2, 0.25) is 0 Å². The highest BCUT2D eigenvalue weighted by Gasteiger charge is 2.23. The van der Waals surface area contributed by atoms with E-state index in [9.17, 15) is 0 Å². The van der Waals surface area contributed by atoms with Gasteiger partial charge in [-0.25, -0.2) is 0 Å². The van der Waals surface area contributed by atoms with E-state index in [4.69, 9.17) is 0 Å². The lowest BCUT2D eigenvalue weighted by atomic mass is 10.1. The van der Waals surface area contributed by atoms with Crippen LogP contribution in [0.15, 0.2) is 83.3 Å². The Hall–Kier alpha value is -1.30. The molecule has 0 saturated heterocycles. The van der Waals surface area contributed by atoms with Crippen LogP contribution in [-0.4, -0.2) is 11.9 Å². The van der Waals surface area contributed by atoms with Crippen molar-refractivity contribution in [2.45, 2.75) is 25.4 Å². The van der Waals surface area contributed by atoms with Gasteiger partial charge in [-0.2, -0.15) is 0 Å². The zero-order valence-electron chi connectivity index (χ0n) is 13.8. The predicted octanol–water partition coefficient (Wildman–Crippen LogP) is 5.47. The lowest BCUT2D eigenvalue weighted by Gasteiger charge is -2.26. The Morgan fingerprint density at radius 3 is 2.04 bits per heavy atom. The molecule has 1 aliphatic carbocycles. The molecule has 0 saturated carbocycles. The Morgan fingerprint density at radius 1 is 0.957 bits per heavy atom. The molecule has 0 bridgehead atoms. The Balaban J connectivity index is 1.90. The van der Waals surface area contributed by atoms with E-state index in [2.05, 4.69) is 86.0 Å². The van der Waals surface area contributed by atoms with Gasteiger partial charge in [-0.15, -0.1) is 11.8 Å². The van der Waals surface area contributed by atoms with Crippen molar-refractivity contribution in [3.8, 4) is 0 Å². The molecule has 1 atom stereocenters. The maximum Gasteiger partial charge on any atom is 0.00614 e. The fourth-order valence-electron chi connectivity index (χ4n) is 3.21. The zero-order valence-corrected chi connectivity index (χ0v) is 15.5. The largest absolute Gasteiger partial charge is 0.130 e. The summed E-state index contributed by atoms with van der Waals surface area (Å²) in [5.41, 5.74) is 2.26. The second kappa shape index (κ2) is 7.99. The molecule has 0 heterocycles. The Bertz CT molecular complexity index is 649. The van der Waals surface area contributed by atoms with Gasteiger partial charge in [-0.05, 0) is 43.3 Å². The van der Waals surface area contributed by atoms with Gasteiger partial charge in [-0.3, -0.25) is 0 Å². The molecule has 0 spiro atoms. The maximum atomic E-state index is 2.43. The number of hydrogen-bond donors (Lipinski definition) is 0. The molecule has 0 aromatic heterocycles. The molecule has 2 heteroatoms. The standard InChI is InChI=1S/C21H23PS/c1-17(16-18-10-9-15-21(18)23-2)22(19-11-5-3-6-12-19)20-13-7-4-8-14-20/h3-9,11-15,17H,10,16H2,1-2H3. The van der Waals surface area contributed by atoms with E-state index in [-0.39, 0.29) is 7.92 Å². The zero-order chi connectivity index (χ0) is 16.1. The molecule has 0 nitrogen and oxygen atoms in total. The van der Waals surface area contributed by atoms with Crippen LogP contribution < -0.4 is 10.6 Å². The Labute approximate surface area is 145 Å². The van der Waals surface area contributed by atoms with E-state index in [1.807, 2.05) is 11.8 Å². The van der Waals surface area contributed by atoms with E-state index in [0.717, 1.165) is 6.42 Å². The SMILES string of the molecule is CSC1=C(CC(C)P(c2ccccc2)c2ccccc2)CC=C1. The summed E-state index contributed by atoms with van der Waals surface area (Å²) >= 11 is 1.89. The summed E-state index contributed by atoms with van der Waals surface area (Å²) in [6, 6.07) is 22.1. The van der Waals surface area contributed by atoms with E-state index >= 15 is 0 Å². The average molecular weight is 338 g/mol. The van der Waals surface area contributed by atoms with Gasteiger partial charge in [0.15, 0.2) is 0 Å². The summed E-state index contributed by atoms with van der Waals surface area (Å²) in [5, 5.41) is 2.97. The molecule has 1 unspecified atom stereocenters. The Kier molecular flexibility index (Phi) is 5.75. The summed E-state index contributed by atoms with van der Waals surface area (Å²) in [5.74, 6) is 0. The average Bonchev–Trinajstić information content (AvgIpc) is 3.04. The lowest BCUT2D eigenvalue weighted by Crippen LogP contribution is -2.20. The number of hydrogen-bond acceptors (Lipinski definition) is 1. The van der Waals surface area contributed by atoms with Crippen LogP contribution >= 0.6 is 19.7 Å². The second-order valence-electron chi connectivity index (χ2n) is 5.87. The fourth-order valence-corrected chi connectivity index (χ4v) is 6.60. The van der Waals surface area contributed by atoms with Crippen LogP contribution in [0.5, 0.6) is 0 Å². The summed E-state index contributed by atoms with van der Waals surface area (Å²) in [7, 11) is -0.324. The molecule has 2 aromatic carbocycles. The van der Waals surface area contributed by atoms with Gasteiger partial charge < -0.3 is 0 Å². The molecule has 2 aromatic rings. The molecule has 0 amide bonds. The molecular weight excluding hydrogens is 315 g/mol. The minimum Gasteiger partial charge on any atom is -0.130 e. The van der Waals surface area contributed by atoms with Gasteiger partial charge in [0.05, 0.1) is 0 Å². The smallest absolute Gasteiger partial charge is 0.00614 e. The highest BCUT2D eigenvalue weighted by molar-refractivity contribution is 8.02. The summed E-state index contributed by atoms with van der Waals surface area (Å²) in [6.07, 6.45) is 9.11. The summed E-state index contributed by atoms with van der Waals surface area (Å²) in [4.78, 5) is 1.48. The molecule has 0 radical (unpaired) electrons. The third-order valence-electron chi connectivity index (χ3n) is 4.25. The quantitative estimate of drug-likeness (QED) is 0.629. The summed E-state index contributed by atoms with van der Waals surface area (Å²) < 4.78 is 0. The first-order valence-corrected chi connectivity index (χ1v) is 10.7. The highest BCUT2D eigenvalue weighted by Crippen LogP contribution is 2.44. The Morgan fingerprint density at radius 2 is 1.52 bits per heavy atom. The maximum absolute atomic E-state index is 2.43. The second-order valence-corrected chi connectivity index (χ2v) is 9.38. The normalized spacial score (nSPS) is 15.4. The number of rotatable bonds is 6. The first-order valence-electron chi connectivity index (χ1n) is 8.11. The monoisotopic (exact) mass is 338 g/mol. The minimum atomic E-state index is -0.324. The van der Waals surface area contributed by atoms with Crippen LogP contribution in [0.1, 0.15) is 19.8 Å². The highest BCUT2D eigenvalue weighted by atomic mass is 32.2. The van der Waals surface area contributed by atoms with Gasteiger partial charge >= 0.3 is 0 Å². The lowest BCUT2D eigenvalue weighted by molar-refractivity contribution is 0.897. The molecule has 0 N–H and O–H groups in total. The fraction of sp³-hybridized carbons (Fsp3) is 0.238. The molecule has 0 fully saturated rings. The molecule has 3 rings (SSSR count). The van der Waals surface area contributed by atoms with Gasteiger partial charge in [0, 0.05) is 4.91 Å². The van der Waals surface area contributed by atoms with Crippen LogP contribution in [0.25, 0.3) is 0 Å². The first kappa shape index (κ1) is 16.6. The van der Waals surface area contributed by atoms with E-state index < -0.39 is 0 Å². The first-order chi connectivity index (χ1) is 11.3.